The molecule has 3 heterocycles. The Morgan fingerprint density at radius 3 is 2.73 bits per heavy atom. The van der Waals surface area contributed by atoms with E-state index < -0.39 is 17.8 Å². The van der Waals surface area contributed by atoms with Crippen molar-refractivity contribution in [1.29, 1.82) is 0 Å². The molecule has 1 unspecified atom stereocenters. The summed E-state index contributed by atoms with van der Waals surface area (Å²) in [6.45, 7) is 2.91. The zero-order valence-corrected chi connectivity index (χ0v) is 16.2. The summed E-state index contributed by atoms with van der Waals surface area (Å²) in [5.41, 5.74) is 2.45. The normalized spacial score (nSPS) is 24.2. The first-order chi connectivity index (χ1) is 12.5. The van der Waals surface area contributed by atoms with Crippen molar-refractivity contribution in [3.05, 3.63) is 33.8 Å². The highest BCUT2D eigenvalue weighted by Gasteiger charge is 2.53. The largest absolute Gasteiger partial charge is 0.467 e. The SMILES string of the molecule is COC(=O)C1CC2(CN1C(=O)CN1Cc3ccc(Br)cc3C1)OCCO2. The van der Waals surface area contributed by atoms with Crippen LogP contribution in [-0.4, -0.2) is 66.9 Å². The fourth-order valence-electron chi connectivity index (χ4n) is 3.98. The molecule has 3 aliphatic heterocycles. The minimum atomic E-state index is -0.868. The number of ether oxygens (including phenoxy) is 3. The number of esters is 1. The molecular formula is C18H21BrN2O5. The van der Waals surface area contributed by atoms with Gasteiger partial charge >= 0.3 is 5.97 Å². The number of fused-ring (bicyclic) bond motifs is 1. The van der Waals surface area contributed by atoms with Crippen LogP contribution >= 0.6 is 15.9 Å². The summed E-state index contributed by atoms with van der Waals surface area (Å²) >= 11 is 3.48. The molecule has 1 amide bonds. The van der Waals surface area contributed by atoms with Crippen molar-refractivity contribution in [2.24, 2.45) is 0 Å². The molecule has 7 nitrogen and oxygen atoms in total. The maximum absolute atomic E-state index is 12.9. The highest BCUT2D eigenvalue weighted by atomic mass is 79.9. The molecule has 0 saturated carbocycles. The van der Waals surface area contributed by atoms with E-state index in [0.29, 0.717) is 19.6 Å². The highest BCUT2D eigenvalue weighted by molar-refractivity contribution is 9.10. The Kier molecular flexibility index (Phi) is 4.77. The van der Waals surface area contributed by atoms with Crippen LogP contribution in [0, 0.1) is 0 Å². The van der Waals surface area contributed by atoms with Crippen LogP contribution in [0.15, 0.2) is 22.7 Å². The van der Waals surface area contributed by atoms with E-state index in [0.717, 1.165) is 17.6 Å². The molecule has 4 rings (SSSR count). The smallest absolute Gasteiger partial charge is 0.328 e. The topological polar surface area (TPSA) is 68.3 Å². The lowest BCUT2D eigenvalue weighted by Crippen LogP contribution is -2.45. The second-order valence-corrected chi connectivity index (χ2v) is 7.85. The number of hydrogen-bond acceptors (Lipinski definition) is 6. The fraction of sp³-hybridized carbons (Fsp3) is 0.556. The van der Waals surface area contributed by atoms with Crippen LogP contribution < -0.4 is 0 Å². The second-order valence-electron chi connectivity index (χ2n) is 6.93. The van der Waals surface area contributed by atoms with E-state index in [4.69, 9.17) is 14.2 Å². The summed E-state index contributed by atoms with van der Waals surface area (Å²) in [6, 6.07) is 5.51. The van der Waals surface area contributed by atoms with Crippen molar-refractivity contribution >= 4 is 27.8 Å². The number of carbonyl (C=O) groups is 2. The van der Waals surface area contributed by atoms with Gasteiger partial charge in [-0.05, 0) is 23.3 Å². The van der Waals surface area contributed by atoms with E-state index >= 15 is 0 Å². The Balaban J connectivity index is 1.45. The third-order valence-corrected chi connectivity index (χ3v) is 5.71. The van der Waals surface area contributed by atoms with Gasteiger partial charge in [0.15, 0.2) is 5.79 Å². The van der Waals surface area contributed by atoms with Gasteiger partial charge in [-0.15, -0.1) is 0 Å². The molecule has 1 aromatic rings. The number of carbonyl (C=O) groups excluding carboxylic acids is 2. The van der Waals surface area contributed by atoms with Gasteiger partial charge in [-0.25, -0.2) is 4.79 Å². The van der Waals surface area contributed by atoms with Crippen molar-refractivity contribution in [2.75, 3.05) is 33.4 Å². The highest BCUT2D eigenvalue weighted by Crippen LogP contribution is 2.35. The van der Waals surface area contributed by atoms with Crippen molar-refractivity contribution in [3.8, 4) is 0 Å². The van der Waals surface area contributed by atoms with E-state index in [9.17, 15) is 9.59 Å². The molecule has 140 valence electrons. The van der Waals surface area contributed by atoms with Crippen LogP contribution in [0.2, 0.25) is 0 Å². The molecule has 26 heavy (non-hydrogen) atoms. The lowest BCUT2D eigenvalue weighted by Gasteiger charge is -2.25. The van der Waals surface area contributed by atoms with E-state index in [1.165, 1.54) is 18.2 Å². The van der Waals surface area contributed by atoms with Gasteiger partial charge in [0.25, 0.3) is 0 Å². The number of methoxy groups -OCH3 is 1. The molecule has 0 aromatic heterocycles. The first-order valence-electron chi connectivity index (χ1n) is 8.64. The lowest BCUT2D eigenvalue weighted by atomic mass is 10.1. The molecule has 0 aliphatic carbocycles. The molecule has 1 spiro atoms. The van der Waals surface area contributed by atoms with E-state index in [-0.39, 0.29) is 19.0 Å². The average molecular weight is 425 g/mol. The number of hydrogen-bond donors (Lipinski definition) is 0. The predicted molar refractivity (Wildman–Crippen MR) is 95.0 cm³/mol. The molecule has 0 radical (unpaired) electrons. The van der Waals surface area contributed by atoms with E-state index in [1.807, 2.05) is 6.07 Å². The van der Waals surface area contributed by atoms with Crippen LogP contribution in [0.3, 0.4) is 0 Å². The second kappa shape index (κ2) is 6.92. The van der Waals surface area contributed by atoms with Gasteiger partial charge in [-0.1, -0.05) is 22.0 Å². The maximum Gasteiger partial charge on any atom is 0.328 e. The zero-order valence-electron chi connectivity index (χ0n) is 14.6. The van der Waals surface area contributed by atoms with Gasteiger partial charge in [-0.2, -0.15) is 0 Å². The molecule has 0 bridgehead atoms. The molecule has 0 N–H and O–H groups in total. The summed E-state index contributed by atoms with van der Waals surface area (Å²) in [7, 11) is 1.33. The van der Waals surface area contributed by atoms with Crippen molar-refractivity contribution in [1.82, 2.24) is 9.80 Å². The number of rotatable bonds is 3. The van der Waals surface area contributed by atoms with E-state index in [1.54, 1.807) is 4.90 Å². The molecule has 1 atom stereocenters. The summed E-state index contributed by atoms with van der Waals surface area (Å²) < 4.78 is 17.3. The molecule has 3 aliphatic rings. The maximum atomic E-state index is 12.9. The van der Waals surface area contributed by atoms with Crippen LogP contribution in [0.5, 0.6) is 0 Å². The van der Waals surface area contributed by atoms with Crippen molar-refractivity contribution < 1.29 is 23.8 Å². The molecule has 1 aromatic carbocycles. The van der Waals surface area contributed by atoms with Crippen molar-refractivity contribution in [2.45, 2.75) is 31.3 Å². The number of nitrogens with zero attached hydrogens (tertiary/aromatic N) is 2. The first-order valence-corrected chi connectivity index (χ1v) is 9.44. The van der Waals surface area contributed by atoms with Crippen LogP contribution in [0.25, 0.3) is 0 Å². The van der Waals surface area contributed by atoms with Gasteiger partial charge in [0, 0.05) is 24.0 Å². The van der Waals surface area contributed by atoms with Gasteiger partial charge in [-0.3, -0.25) is 9.69 Å². The number of benzene rings is 1. The molecule has 8 heteroatoms. The quantitative estimate of drug-likeness (QED) is 0.680. The monoisotopic (exact) mass is 424 g/mol. The van der Waals surface area contributed by atoms with Gasteiger partial charge < -0.3 is 19.1 Å². The minimum absolute atomic E-state index is 0.108. The number of likely N-dealkylation sites (tertiary alicyclic amines) is 1. The summed E-state index contributed by atoms with van der Waals surface area (Å²) in [5, 5.41) is 0. The lowest BCUT2D eigenvalue weighted by molar-refractivity contribution is -0.153. The van der Waals surface area contributed by atoms with Gasteiger partial charge in [0.05, 0.1) is 33.4 Å². The molecular weight excluding hydrogens is 404 g/mol. The zero-order chi connectivity index (χ0) is 18.3. The summed E-state index contributed by atoms with van der Waals surface area (Å²) in [4.78, 5) is 28.8. The Morgan fingerprint density at radius 1 is 1.27 bits per heavy atom. The fourth-order valence-corrected chi connectivity index (χ4v) is 4.39. The number of halogens is 1. The minimum Gasteiger partial charge on any atom is -0.467 e. The molecule has 2 saturated heterocycles. The van der Waals surface area contributed by atoms with Crippen LogP contribution in [-0.2, 0) is 36.9 Å². The Morgan fingerprint density at radius 2 is 2.00 bits per heavy atom. The summed E-state index contributed by atoms with van der Waals surface area (Å²) in [5.74, 6) is -1.40. The van der Waals surface area contributed by atoms with Crippen LogP contribution in [0.4, 0.5) is 0 Å². The Hall–Kier alpha value is -1.48. The third-order valence-electron chi connectivity index (χ3n) is 5.21. The average Bonchev–Trinajstić information content (AvgIpc) is 3.33. The number of amides is 1. The Labute approximate surface area is 160 Å². The predicted octanol–water partition coefficient (Wildman–Crippen LogP) is 1.28. The van der Waals surface area contributed by atoms with Gasteiger partial charge in [0.1, 0.15) is 6.04 Å². The van der Waals surface area contributed by atoms with Crippen LogP contribution in [0.1, 0.15) is 17.5 Å². The standard InChI is InChI=1S/C18H21BrN2O5/c1-24-17(23)15-7-18(25-4-5-26-18)11-21(15)16(22)10-20-8-12-2-3-14(19)6-13(12)9-20/h2-3,6,15H,4-5,7-11H2,1H3. The third kappa shape index (κ3) is 3.26. The van der Waals surface area contributed by atoms with Crippen molar-refractivity contribution in [3.63, 3.8) is 0 Å². The Bertz CT molecular complexity index is 734. The summed E-state index contributed by atoms with van der Waals surface area (Å²) in [6.07, 6.45) is 0.318. The van der Waals surface area contributed by atoms with Gasteiger partial charge in [0.2, 0.25) is 5.91 Å². The molecule has 2 fully saturated rings. The van der Waals surface area contributed by atoms with E-state index in [2.05, 4.69) is 33.0 Å². The first kappa shape index (κ1) is 17.9.